The van der Waals surface area contributed by atoms with E-state index >= 15 is 0 Å². The normalized spacial score (nSPS) is 24.1. The van der Waals surface area contributed by atoms with Gasteiger partial charge in [0.1, 0.15) is 5.82 Å². The first-order chi connectivity index (χ1) is 12.2. The van der Waals surface area contributed by atoms with Crippen LogP contribution in [0.5, 0.6) is 11.5 Å². The largest absolute Gasteiger partial charge is 0.454 e. The molecular formula is C19H23N3O3. The Morgan fingerprint density at radius 3 is 2.84 bits per heavy atom. The van der Waals surface area contributed by atoms with Gasteiger partial charge in [-0.2, -0.15) is 0 Å². The number of aryl methyl sites for hydroxylation is 1. The number of benzene rings is 1. The molecule has 0 aliphatic carbocycles. The van der Waals surface area contributed by atoms with Gasteiger partial charge in [-0.05, 0) is 57.0 Å². The molecule has 0 bridgehead atoms. The first kappa shape index (κ1) is 15.2. The van der Waals surface area contributed by atoms with Gasteiger partial charge < -0.3 is 24.1 Å². The highest BCUT2D eigenvalue weighted by atomic mass is 16.7. The minimum atomic E-state index is 0.0430. The van der Waals surface area contributed by atoms with Crippen molar-refractivity contribution < 1.29 is 14.2 Å². The van der Waals surface area contributed by atoms with Gasteiger partial charge in [-0.3, -0.25) is 0 Å². The average molecular weight is 341 g/mol. The lowest BCUT2D eigenvalue weighted by molar-refractivity contribution is -0.0195. The predicted molar refractivity (Wildman–Crippen MR) is 93.0 cm³/mol. The maximum absolute atomic E-state index is 6.28. The molecule has 1 N–H and O–H groups in total. The summed E-state index contributed by atoms with van der Waals surface area (Å²) in [6, 6.07) is 4.42. The summed E-state index contributed by atoms with van der Waals surface area (Å²) in [7, 11) is 0. The standard InChI is InChI=1S/C19H23N3O3/c1-13-8-16-17(24-12-23-16)9-15(13)18-21-6-7-22(18)14-10-19(25-11-14)2-4-20-5-3-19/h6-9,14,20H,2-5,10-12H2,1H3. The highest BCUT2D eigenvalue weighted by Gasteiger charge is 2.42. The molecule has 6 nitrogen and oxygen atoms in total. The lowest BCUT2D eigenvalue weighted by Gasteiger charge is -2.33. The van der Waals surface area contributed by atoms with E-state index in [-0.39, 0.29) is 5.60 Å². The van der Waals surface area contributed by atoms with Gasteiger partial charge in [0.15, 0.2) is 11.5 Å². The molecular weight excluding hydrogens is 318 g/mol. The molecule has 3 aliphatic rings. The van der Waals surface area contributed by atoms with Crippen molar-refractivity contribution in [2.75, 3.05) is 26.5 Å². The highest BCUT2D eigenvalue weighted by Crippen LogP contribution is 2.42. The van der Waals surface area contributed by atoms with Crippen molar-refractivity contribution in [1.29, 1.82) is 0 Å². The van der Waals surface area contributed by atoms with E-state index in [2.05, 4.69) is 28.0 Å². The van der Waals surface area contributed by atoms with E-state index in [1.54, 1.807) is 0 Å². The number of hydrogen-bond acceptors (Lipinski definition) is 5. The SMILES string of the molecule is Cc1cc2c(cc1-c1nccn1C1COC3(CCNCC3)C1)OCO2. The second-order valence-corrected chi connectivity index (χ2v) is 7.28. The molecule has 1 spiro atoms. The fourth-order valence-electron chi connectivity index (χ4n) is 4.33. The Morgan fingerprint density at radius 2 is 2.00 bits per heavy atom. The van der Waals surface area contributed by atoms with Crippen molar-refractivity contribution in [2.45, 2.75) is 37.8 Å². The molecule has 25 heavy (non-hydrogen) atoms. The van der Waals surface area contributed by atoms with E-state index in [9.17, 15) is 0 Å². The van der Waals surface area contributed by atoms with Gasteiger partial charge in [0.05, 0.1) is 18.2 Å². The lowest BCUT2D eigenvalue weighted by Crippen LogP contribution is -2.41. The quantitative estimate of drug-likeness (QED) is 0.910. The summed E-state index contributed by atoms with van der Waals surface area (Å²) >= 11 is 0. The summed E-state index contributed by atoms with van der Waals surface area (Å²) in [5, 5.41) is 3.43. The Labute approximate surface area is 147 Å². The van der Waals surface area contributed by atoms with E-state index in [1.807, 2.05) is 18.3 Å². The van der Waals surface area contributed by atoms with Crippen LogP contribution in [0.3, 0.4) is 0 Å². The van der Waals surface area contributed by atoms with Crippen molar-refractivity contribution in [3.05, 3.63) is 30.1 Å². The molecule has 2 fully saturated rings. The molecule has 1 unspecified atom stereocenters. The van der Waals surface area contributed by atoms with Gasteiger partial charge in [0.25, 0.3) is 0 Å². The highest BCUT2D eigenvalue weighted by molar-refractivity contribution is 5.66. The molecule has 6 heteroatoms. The number of rotatable bonds is 2. The number of piperidine rings is 1. The van der Waals surface area contributed by atoms with E-state index in [4.69, 9.17) is 14.2 Å². The molecule has 4 heterocycles. The van der Waals surface area contributed by atoms with Crippen LogP contribution in [0, 0.1) is 6.92 Å². The van der Waals surface area contributed by atoms with E-state index in [1.165, 1.54) is 0 Å². The number of ether oxygens (including phenoxy) is 3. The second-order valence-electron chi connectivity index (χ2n) is 7.28. The van der Waals surface area contributed by atoms with Gasteiger partial charge in [-0.1, -0.05) is 0 Å². The number of fused-ring (bicyclic) bond motifs is 1. The zero-order valence-electron chi connectivity index (χ0n) is 14.5. The van der Waals surface area contributed by atoms with Gasteiger partial charge in [0, 0.05) is 18.0 Å². The maximum Gasteiger partial charge on any atom is 0.231 e. The fourth-order valence-corrected chi connectivity index (χ4v) is 4.33. The molecule has 5 rings (SSSR count). The number of imidazole rings is 1. The topological polar surface area (TPSA) is 57.5 Å². The third-order valence-electron chi connectivity index (χ3n) is 5.73. The first-order valence-corrected chi connectivity index (χ1v) is 9.02. The minimum absolute atomic E-state index is 0.0430. The predicted octanol–water partition coefficient (Wildman–Crippen LogP) is 2.67. The number of aromatic nitrogens is 2. The lowest BCUT2D eigenvalue weighted by atomic mass is 9.88. The molecule has 1 aromatic heterocycles. The third-order valence-corrected chi connectivity index (χ3v) is 5.73. The Bertz CT molecular complexity index is 795. The summed E-state index contributed by atoms with van der Waals surface area (Å²) in [4.78, 5) is 4.65. The van der Waals surface area contributed by atoms with Gasteiger partial charge in [-0.15, -0.1) is 0 Å². The molecule has 0 amide bonds. The summed E-state index contributed by atoms with van der Waals surface area (Å²) < 4.78 is 19.6. The van der Waals surface area contributed by atoms with Gasteiger partial charge in [0.2, 0.25) is 6.79 Å². The average Bonchev–Trinajstić information content (AvgIpc) is 3.34. The van der Waals surface area contributed by atoms with Crippen LogP contribution in [0.1, 0.15) is 30.9 Å². The first-order valence-electron chi connectivity index (χ1n) is 9.02. The zero-order chi connectivity index (χ0) is 16.9. The summed E-state index contributed by atoms with van der Waals surface area (Å²) in [5.74, 6) is 2.60. The van der Waals surface area contributed by atoms with Crippen LogP contribution in [0.25, 0.3) is 11.4 Å². The van der Waals surface area contributed by atoms with Gasteiger partial charge >= 0.3 is 0 Å². The van der Waals surface area contributed by atoms with Crippen LogP contribution < -0.4 is 14.8 Å². The van der Waals surface area contributed by atoms with Crippen molar-refractivity contribution in [1.82, 2.24) is 14.9 Å². The Hall–Kier alpha value is -2.05. The molecule has 2 aromatic rings. The summed E-state index contributed by atoms with van der Waals surface area (Å²) in [5.41, 5.74) is 2.29. The third kappa shape index (κ3) is 2.51. The molecule has 0 radical (unpaired) electrons. The molecule has 132 valence electrons. The van der Waals surface area contributed by atoms with Crippen LogP contribution >= 0.6 is 0 Å². The van der Waals surface area contributed by atoms with E-state index < -0.39 is 0 Å². The van der Waals surface area contributed by atoms with E-state index in [0.29, 0.717) is 12.8 Å². The summed E-state index contributed by atoms with van der Waals surface area (Å²) in [6.07, 6.45) is 7.20. The molecule has 1 aromatic carbocycles. The molecule has 2 saturated heterocycles. The van der Waals surface area contributed by atoms with Crippen LogP contribution in [0.2, 0.25) is 0 Å². The summed E-state index contributed by atoms with van der Waals surface area (Å²) in [6.45, 7) is 5.23. The van der Waals surface area contributed by atoms with Gasteiger partial charge in [-0.25, -0.2) is 4.98 Å². The van der Waals surface area contributed by atoms with Crippen molar-refractivity contribution in [2.24, 2.45) is 0 Å². The fraction of sp³-hybridized carbons (Fsp3) is 0.526. The number of nitrogens with one attached hydrogen (secondary N) is 1. The molecule has 3 aliphatic heterocycles. The monoisotopic (exact) mass is 341 g/mol. The van der Waals surface area contributed by atoms with E-state index in [0.717, 1.165) is 67.4 Å². The smallest absolute Gasteiger partial charge is 0.231 e. The Morgan fingerprint density at radius 1 is 1.20 bits per heavy atom. The van der Waals surface area contributed by atoms with Crippen molar-refractivity contribution in [3.63, 3.8) is 0 Å². The van der Waals surface area contributed by atoms with Crippen LogP contribution in [0.15, 0.2) is 24.5 Å². The molecule has 0 saturated carbocycles. The van der Waals surface area contributed by atoms with Crippen molar-refractivity contribution in [3.8, 4) is 22.9 Å². The Balaban J connectivity index is 1.47. The number of hydrogen-bond donors (Lipinski definition) is 1. The van der Waals surface area contributed by atoms with Crippen LogP contribution in [-0.4, -0.2) is 41.6 Å². The minimum Gasteiger partial charge on any atom is -0.454 e. The Kier molecular flexibility index (Phi) is 3.50. The number of nitrogens with zero attached hydrogens (tertiary/aromatic N) is 2. The van der Waals surface area contributed by atoms with Crippen LogP contribution in [0.4, 0.5) is 0 Å². The second kappa shape index (κ2) is 5.75. The van der Waals surface area contributed by atoms with Crippen molar-refractivity contribution >= 4 is 0 Å². The maximum atomic E-state index is 6.28. The van der Waals surface area contributed by atoms with Crippen LogP contribution in [-0.2, 0) is 4.74 Å². The zero-order valence-corrected chi connectivity index (χ0v) is 14.5. The molecule has 1 atom stereocenters.